The fourth-order valence-corrected chi connectivity index (χ4v) is 2.77. The molecule has 21 heavy (non-hydrogen) atoms. The Balaban J connectivity index is 1.42. The van der Waals surface area contributed by atoms with Crippen LogP contribution in [-0.2, 0) is 4.79 Å². The molecule has 0 saturated carbocycles. The van der Waals surface area contributed by atoms with Gasteiger partial charge < -0.3 is 14.8 Å². The molecule has 0 aliphatic carbocycles. The second-order valence-corrected chi connectivity index (χ2v) is 5.64. The third-order valence-electron chi connectivity index (χ3n) is 3.91. The van der Waals surface area contributed by atoms with Gasteiger partial charge in [-0.05, 0) is 38.1 Å². The molecule has 2 aliphatic rings. The third-order valence-corrected chi connectivity index (χ3v) is 3.91. The zero-order valence-corrected chi connectivity index (χ0v) is 12.2. The second kappa shape index (κ2) is 6.80. The van der Waals surface area contributed by atoms with Crippen molar-refractivity contribution in [2.45, 2.75) is 25.4 Å². The number of ether oxygens (including phenoxy) is 2. The lowest BCUT2D eigenvalue weighted by molar-refractivity contribution is -0.123. The number of para-hydroxylation sites is 2. The molecule has 3 rings (SSSR count). The molecule has 0 bridgehead atoms. The minimum absolute atomic E-state index is 0.0689. The highest BCUT2D eigenvalue weighted by molar-refractivity contribution is 5.78. The summed E-state index contributed by atoms with van der Waals surface area (Å²) in [6, 6.07) is 7.61. The van der Waals surface area contributed by atoms with Crippen LogP contribution in [0, 0.1) is 0 Å². The number of nitrogens with zero attached hydrogens (tertiary/aromatic N) is 1. The SMILES string of the molecule is O=C(CN1CCCCC1)NC[C@H]1COc2ccccc2O1. The van der Waals surface area contributed by atoms with Gasteiger partial charge in [-0.25, -0.2) is 0 Å². The van der Waals surface area contributed by atoms with Crippen molar-refractivity contribution in [2.75, 3.05) is 32.8 Å². The number of benzene rings is 1. The highest BCUT2D eigenvalue weighted by Crippen LogP contribution is 2.30. The average molecular weight is 290 g/mol. The Bertz CT molecular complexity index is 486. The summed E-state index contributed by atoms with van der Waals surface area (Å²) in [6.07, 6.45) is 3.56. The monoisotopic (exact) mass is 290 g/mol. The lowest BCUT2D eigenvalue weighted by Gasteiger charge is -2.28. The molecule has 1 saturated heterocycles. The maximum Gasteiger partial charge on any atom is 0.234 e. The van der Waals surface area contributed by atoms with Gasteiger partial charge in [0.2, 0.25) is 5.91 Å². The van der Waals surface area contributed by atoms with Crippen molar-refractivity contribution in [3.8, 4) is 11.5 Å². The largest absolute Gasteiger partial charge is 0.486 e. The summed E-state index contributed by atoms with van der Waals surface area (Å²) in [5.41, 5.74) is 0. The van der Waals surface area contributed by atoms with Crippen LogP contribution in [0.15, 0.2) is 24.3 Å². The number of nitrogens with one attached hydrogen (secondary N) is 1. The van der Waals surface area contributed by atoms with E-state index in [1.807, 2.05) is 24.3 Å². The van der Waals surface area contributed by atoms with E-state index in [4.69, 9.17) is 9.47 Å². The number of hydrogen-bond acceptors (Lipinski definition) is 4. The van der Waals surface area contributed by atoms with Crippen LogP contribution >= 0.6 is 0 Å². The number of fused-ring (bicyclic) bond motifs is 1. The molecular formula is C16H22N2O3. The first-order valence-corrected chi connectivity index (χ1v) is 7.69. The van der Waals surface area contributed by atoms with Gasteiger partial charge in [-0.15, -0.1) is 0 Å². The number of piperidine rings is 1. The van der Waals surface area contributed by atoms with Crippen molar-refractivity contribution in [2.24, 2.45) is 0 Å². The first-order chi connectivity index (χ1) is 10.3. The van der Waals surface area contributed by atoms with Gasteiger partial charge in [0.05, 0.1) is 13.1 Å². The molecule has 2 heterocycles. The minimum Gasteiger partial charge on any atom is -0.486 e. The Morgan fingerprint density at radius 2 is 1.95 bits per heavy atom. The zero-order valence-electron chi connectivity index (χ0n) is 12.2. The first-order valence-electron chi connectivity index (χ1n) is 7.69. The van der Waals surface area contributed by atoms with Gasteiger partial charge in [0.25, 0.3) is 0 Å². The Morgan fingerprint density at radius 3 is 2.76 bits per heavy atom. The fourth-order valence-electron chi connectivity index (χ4n) is 2.77. The summed E-state index contributed by atoms with van der Waals surface area (Å²) in [4.78, 5) is 14.2. The molecule has 1 aromatic rings. The van der Waals surface area contributed by atoms with E-state index in [1.54, 1.807) is 0 Å². The minimum atomic E-state index is -0.120. The molecule has 0 unspecified atom stereocenters. The standard InChI is InChI=1S/C16H22N2O3/c19-16(11-18-8-4-1-5-9-18)17-10-13-12-20-14-6-2-3-7-15(14)21-13/h2-3,6-7,13H,1,4-5,8-12H2,(H,17,19)/t13-/m0/s1. The van der Waals surface area contributed by atoms with Gasteiger partial charge in [0.15, 0.2) is 11.5 Å². The van der Waals surface area contributed by atoms with E-state index >= 15 is 0 Å². The van der Waals surface area contributed by atoms with Gasteiger partial charge in [-0.1, -0.05) is 18.6 Å². The van der Waals surface area contributed by atoms with Crippen molar-refractivity contribution >= 4 is 5.91 Å². The van der Waals surface area contributed by atoms with Crippen molar-refractivity contribution < 1.29 is 14.3 Å². The smallest absolute Gasteiger partial charge is 0.234 e. The molecule has 1 atom stereocenters. The molecule has 5 heteroatoms. The summed E-state index contributed by atoms with van der Waals surface area (Å²) in [5.74, 6) is 1.59. The summed E-state index contributed by atoms with van der Waals surface area (Å²) >= 11 is 0. The van der Waals surface area contributed by atoms with Crippen LogP contribution in [-0.4, -0.2) is 49.7 Å². The summed E-state index contributed by atoms with van der Waals surface area (Å²) in [7, 11) is 0. The van der Waals surface area contributed by atoms with Crippen LogP contribution in [0.3, 0.4) is 0 Å². The van der Waals surface area contributed by atoms with Crippen molar-refractivity contribution in [1.82, 2.24) is 10.2 Å². The van der Waals surface area contributed by atoms with Gasteiger partial charge in [-0.2, -0.15) is 0 Å². The van der Waals surface area contributed by atoms with Gasteiger partial charge in [0.1, 0.15) is 12.7 Å². The predicted octanol–water partition coefficient (Wildman–Crippen LogP) is 1.43. The zero-order chi connectivity index (χ0) is 14.5. The van der Waals surface area contributed by atoms with Gasteiger partial charge >= 0.3 is 0 Å². The molecule has 114 valence electrons. The molecule has 0 spiro atoms. The molecule has 1 aromatic carbocycles. The summed E-state index contributed by atoms with van der Waals surface area (Å²) in [5, 5.41) is 2.94. The number of hydrogen-bond donors (Lipinski definition) is 1. The normalized spacial score (nSPS) is 21.8. The predicted molar refractivity (Wildman–Crippen MR) is 79.7 cm³/mol. The third kappa shape index (κ3) is 3.88. The number of carbonyl (C=O) groups is 1. The molecular weight excluding hydrogens is 268 g/mol. The number of likely N-dealkylation sites (tertiary alicyclic amines) is 1. The number of carbonyl (C=O) groups excluding carboxylic acids is 1. The van der Waals surface area contributed by atoms with E-state index in [1.165, 1.54) is 19.3 Å². The molecule has 1 N–H and O–H groups in total. The van der Waals surface area contributed by atoms with Crippen LogP contribution in [0.25, 0.3) is 0 Å². The molecule has 1 fully saturated rings. The van der Waals surface area contributed by atoms with E-state index in [0.717, 1.165) is 24.6 Å². The van der Waals surface area contributed by atoms with E-state index < -0.39 is 0 Å². The Labute approximate surface area is 125 Å². The van der Waals surface area contributed by atoms with Crippen molar-refractivity contribution in [1.29, 1.82) is 0 Å². The Morgan fingerprint density at radius 1 is 1.19 bits per heavy atom. The fraction of sp³-hybridized carbons (Fsp3) is 0.562. The molecule has 0 radical (unpaired) electrons. The quantitative estimate of drug-likeness (QED) is 0.911. The maximum atomic E-state index is 12.0. The van der Waals surface area contributed by atoms with Crippen LogP contribution < -0.4 is 14.8 Å². The highest BCUT2D eigenvalue weighted by Gasteiger charge is 2.21. The number of rotatable bonds is 4. The van der Waals surface area contributed by atoms with E-state index in [9.17, 15) is 4.79 Å². The highest BCUT2D eigenvalue weighted by atomic mass is 16.6. The molecule has 0 aromatic heterocycles. The Hall–Kier alpha value is -1.75. The van der Waals surface area contributed by atoms with Crippen LogP contribution in [0.4, 0.5) is 0 Å². The van der Waals surface area contributed by atoms with Crippen molar-refractivity contribution in [3.63, 3.8) is 0 Å². The second-order valence-electron chi connectivity index (χ2n) is 5.64. The first kappa shape index (κ1) is 14.2. The molecule has 2 aliphatic heterocycles. The van der Waals surface area contributed by atoms with Gasteiger partial charge in [0, 0.05) is 0 Å². The summed E-state index contributed by atoms with van der Waals surface area (Å²) < 4.78 is 11.5. The lowest BCUT2D eigenvalue weighted by atomic mass is 10.1. The van der Waals surface area contributed by atoms with Gasteiger partial charge in [-0.3, -0.25) is 9.69 Å². The number of amides is 1. The molecule has 5 nitrogen and oxygen atoms in total. The Kier molecular flexibility index (Phi) is 4.60. The summed E-state index contributed by atoms with van der Waals surface area (Å²) in [6.45, 7) is 3.51. The van der Waals surface area contributed by atoms with E-state index in [0.29, 0.717) is 19.7 Å². The molecule has 1 amide bonds. The topological polar surface area (TPSA) is 50.8 Å². The van der Waals surface area contributed by atoms with Crippen molar-refractivity contribution in [3.05, 3.63) is 24.3 Å². The lowest BCUT2D eigenvalue weighted by Crippen LogP contribution is -2.45. The van der Waals surface area contributed by atoms with Crippen LogP contribution in [0.1, 0.15) is 19.3 Å². The maximum absolute atomic E-state index is 12.0. The van der Waals surface area contributed by atoms with E-state index in [2.05, 4.69) is 10.2 Å². The van der Waals surface area contributed by atoms with Crippen LogP contribution in [0.2, 0.25) is 0 Å². The average Bonchev–Trinajstić information content (AvgIpc) is 2.54. The van der Waals surface area contributed by atoms with E-state index in [-0.39, 0.29) is 12.0 Å². The van der Waals surface area contributed by atoms with Crippen LogP contribution in [0.5, 0.6) is 11.5 Å².